The number of hydrogen-bond acceptors (Lipinski definition) is 3. The van der Waals surface area contributed by atoms with Crippen molar-refractivity contribution in [3.8, 4) is 17.6 Å². The van der Waals surface area contributed by atoms with Crippen LogP contribution in [0.1, 0.15) is 23.6 Å². The van der Waals surface area contributed by atoms with Crippen LogP contribution in [-0.4, -0.2) is 4.98 Å². The Hall–Kier alpha value is -2.25. The molecule has 0 aliphatic carbocycles. The fourth-order valence-corrected chi connectivity index (χ4v) is 2.10. The van der Waals surface area contributed by atoms with Crippen molar-refractivity contribution in [3.05, 3.63) is 56.5 Å². The third-order valence-corrected chi connectivity index (χ3v) is 3.17. The highest BCUT2D eigenvalue weighted by molar-refractivity contribution is 6.30. The van der Waals surface area contributed by atoms with E-state index >= 15 is 0 Å². The Morgan fingerprint density at radius 1 is 1.40 bits per heavy atom. The molecule has 0 amide bonds. The lowest BCUT2D eigenvalue weighted by atomic mass is 10.1. The Labute approximate surface area is 121 Å². The molecule has 5 heteroatoms. The van der Waals surface area contributed by atoms with E-state index in [4.69, 9.17) is 21.6 Å². The summed E-state index contributed by atoms with van der Waals surface area (Å²) in [6, 6.07) is 6.77. The van der Waals surface area contributed by atoms with E-state index in [9.17, 15) is 4.79 Å². The van der Waals surface area contributed by atoms with Crippen molar-refractivity contribution >= 4 is 11.6 Å². The minimum Gasteiger partial charge on any atom is -0.456 e. The standard InChI is InChI=1S/C15H13ClN2O2/c1-3-11-8-18-15(19)9(2)14(11)20-13-5-10(7-17)4-12(16)6-13/h4-6,8H,3H2,1-2H3,(H,18,19). The van der Waals surface area contributed by atoms with E-state index in [0.29, 0.717) is 27.6 Å². The predicted molar refractivity (Wildman–Crippen MR) is 77.4 cm³/mol. The molecule has 20 heavy (non-hydrogen) atoms. The van der Waals surface area contributed by atoms with E-state index in [1.807, 2.05) is 13.0 Å². The molecule has 2 rings (SSSR count). The van der Waals surface area contributed by atoms with Crippen LogP contribution in [0.25, 0.3) is 0 Å². The van der Waals surface area contributed by atoms with Gasteiger partial charge in [-0.2, -0.15) is 5.26 Å². The van der Waals surface area contributed by atoms with Gasteiger partial charge in [0.15, 0.2) is 0 Å². The van der Waals surface area contributed by atoms with Gasteiger partial charge in [0.05, 0.1) is 17.2 Å². The maximum absolute atomic E-state index is 11.7. The molecule has 0 bridgehead atoms. The van der Waals surface area contributed by atoms with Crippen molar-refractivity contribution in [2.75, 3.05) is 0 Å². The molecule has 0 saturated carbocycles. The van der Waals surface area contributed by atoms with E-state index in [2.05, 4.69) is 4.98 Å². The minimum atomic E-state index is -0.195. The van der Waals surface area contributed by atoms with Crippen molar-refractivity contribution in [3.63, 3.8) is 0 Å². The van der Waals surface area contributed by atoms with Crippen molar-refractivity contribution in [1.82, 2.24) is 4.98 Å². The number of benzene rings is 1. The highest BCUT2D eigenvalue weighted by Gasteiger charge is 2.11. The van der Waals surface area contributed by atoms with Gasteiger partial charge < -0.3 is 9.72 Å². The molecule has 2 aromatic rings. The number of nitrogens with zero attached hydrogens (tertiary/aromatic N) is 1. The molecule has 0 fully saturated rings. The van der Waals surface area contributed by atoms with Crippen LogP contribution >= 0.6 is 11.6 Å². The number of nitriles is 1. The van der Waals surface area contributed by atoms with Crippen LogP contribution < -0.4 is 10.3 Å². The fraction of sp³-hybridized carbons (Fsp3) is 0.200. The van der Waals surface area contributed by atoms with E-state index in [1.165, 1.54) is 0 Å². The van der Waals surface area contributed by atoms with E-state index < -0.39 is 0 Å². The second kappa shape index (κ2) is 5.81. The van der Waals surface area contributed by atoms with Crippen molar-refractivity contribution < 1.29 is 4.74 Å². The summed E-state index contributed by atoms with van der Waals surface area (Å²) in [6.07, 6.45) is 2.36. The first-order chi connectivity index (χ1) is 9.55. The van der Waals surface area contributed by atoms with Gasteiger partial charge >= 0.3 is 0 Å². The predicted octanol–water partition coefficient (Wildman–Crippen LogP) is 3.56. The number of pyridine rings is 1. The maximum Gasteiger partial charge on any atom is 0.254 e. The Morgan fingerprint density at radius 2 is 2.15 bits per heavy atom. The molecular weight excluding hydrogens is 276 g/mol. The smallest absolute Gasteiger partial charge is 0.254 e. The Bertz CT molecular complexity index is 745. The molecule has 4 nitrogen and oxygen atoms in total. The van der Waals surface area contributed by atoms with Crippen LogP contribution in [0, 0.1) is 18.3 Å². The molecule has 0 atom stereocenters. The molecule has 0 aliphatic heterocycles. The Morgan fingerprint density at radius 3 is 2.80 bits per heavy atom. The molecule has 1 N–H and O–H groups in total. The molecule has 0 radical (unpaired) electrons. The minimum absolute atomic E-state index is 0.195. The van der Waals surface area contributed by atoms with Gasteiger partial charge in [-0.25, -0.2) is 0 Å². The van der Waals surface area contributed by atoms with Gasteiger partial charge in [-0.3, -0.25) is 4.79 Å². The van der Waals surface area contributed by atoms with Gasteiger partial charge in [0, 0.05) is 16.8 Å². The third kappa shape index (κ3) is 2.84. The summed E-state index contributed by atoms with van der Waals surface area (Å²) in [5, 5.41) is 9.35. The van der Waals surface area contributed by atoms with E-state index in [-0.39, 0.29) is 5.56 Å². The van der Waals surface area contributed by atoms with Gasteiger partial charge in [-0.1, -0.05) is 18.5 Å². The van der Waals surface area contributed by atoms with E-state index in [0.717, 1.165) is 12.0 Å². The second-order valence-electron chi connectivity index (χ2n) is 4.34. The van der Waals surface area contributed by atoms with Crippen LogP contribution in [0.5, 0.6) is 11.5 Å². The fourth-order valence-electron chi connectivity index (χ4n) is 1.88. The monoisotopic (exact) mass is 288 g/mol. The number of ether oxygens (including phenoxy) is 1. The van der Waals surface area contributed by atoms with Crippen molar-refractivity contribution in [2.45, 2.75) is 20.3 Å². The molecule has 0 unspecified atom stereocenters. The normalized spacial score (nSPS) is 10.1. The molecule has 0 saturated heterocycles. The first-order valence-corrected chi connectivity index (χ1v) is 6.52. The summed E-state index contributed by atoms with van der Waals surface area (Å²) in [5.74, 6) is 0.958. The zero-order chi connectivity index (χ0) is 14.7. The maximum atomic E-state index is 11.7. The molecule has 0 spiro atoms. The van der Waals surface area contributed by atoms with E-state index in [1.54, 1.807) is 31.3 Å². The number of H-pyrrole nitrogens is 1. The summed E-state index contributed by atoms with van der Waals surface area (Å²) >= 11 is 5.94. The first kappa shape index (κ1) is 14.2. The molecule has 1 aromatic carbocycles. The zero-order valence-electron chi connectivity index (χ0n) is 11.2. The van der Waals surface area contributed by atoms with Crippen LogP contribution in [0.4, 0.5) is 0 Å². The van der Waals surface area contributed by atoms with Crippen LogP contribution in [-0.2, 0) is 6.42 Å². The Balaban J connectivity index is 2.50. The van der Waals surface area contributed by atoms with Gasteiger partial charge in [0.25, 0.3) is 5.56 Å². The second-order valence-corrected chi connectivity index (χ2v) is 4.78. The average Bonchev–Trinajstić information content (AvgIpc) is 2.43. The molecule has 1 heterocycles. The zero-order valence-corrected chi connectivity index (χ0v) is 11.9. The number of nitrogens with one attached hydrogen (secondary N) is 1. The highest BCUT2D eigenvalue weighted by Crippen LogP contribution is 2.29. The lowest BCUT2D eigenvalue weighted by molar-refractivity contribution is 0.471. The molecule has 1 aromatic heterocycles. The van der Waals surface area contributed by atoms with Gasteiger partial charge in [-0.05, 0) is 31.5 Å². The first-order valence-electron chi connectivity index (χ1n) is 6.15. The average molecular weight is 289 g/mol. The number of aromatic amines is 1. The van der Waals surface area contributed by atoms with Crippen LogP contribution in [0.3, 0.4) is 0 Å². The summed E-state index contributed by atoms with van der Waals surface area (Å²) in [5.41, 5.74) is 1.61. The highest BCUT2D eigenvalue weighted by atomic mass is 35.5. The topological polar surface area (TPSA) is 65.9 Å². The largest absolute Gasteiger partial charge is 0.456 e. The summed E-state index contributed by atoms with van der Waals surface area (Å²) in [7, 11) is 0. The lowest BCUT2D eigenvalue weighted by Crippen LogP contribution is -2.11. The SMILES string of the molecule is CCc1c[nH]c(=O)c(C)c1Oc1cc(Cl)cc(C#N)c1. The number of halogens is 1. The lowest BCUT2D eigenvalue weighted by Gasteiger charge is -2.12. The summed E-state index contributed by atoms with van der Waals surface area (Å²) < 4.78 is 5.78. The molecule has 102 valence electrons. The van der Waals surface area contributed by atoms with Gasteiger partial charge in [0.2, 0.25) is 0 Å². The van der Waals surface area contributed by atoms with Crippen molar-refractivity contribution in [2.24, 2.45) is 0 Å². The number of rotatable bonds is 3. The van der Waals surface area contributed by atoms with Gasteiger partial charge in [0.1, 0.15) is 11.5 Å². The number of aromatic nitrogens is 1. The molecule has 0 aliphatic rings. The number of aryl methyl sites for hydroxylation is 1. The quantitative estimate of drug-likeness (QED) is 0.939. The summed E-state index contributed by atoms with van der Waals surface area (Å²) in [4.78, 5) is 14.3. The van der Waals surface area contributed by atoms with Crippen LogP contribution in [0.2, 0.25) is 5.02 Å². The Kier molecular flexibility index (Phi) is 4.11. The summed E-state index contributed by atoms with van der Waals surface area (Å²) in [6.45, 7) is 3.67. The van der Waals surface area contributed by atoms with Crippen LogP contribution in [0.15, 0.2) is 29.2 Å². The van der Waals surface area contributed by atoms with Gasteiger partial charge in [-0.15, -0.1) is 0 Å². The molecular formula is C15H13ClN2O2. The number of hydrogen-bond donors (Lipinski definition) is 1. The van der Waals surface area contributed by atoms with Crippen molar-refractivity contribution in [1.29, 1.82) is 5.26 Å². The third-order valence-electron chi connectivity index (χ3n) is 2.95.